The monoisotopic (exact) mass is 172 g/mol. The number of aryl methyl sites for hydroxylation is 3. The lowest BCUT2D eigenvalue weighted by atomic mass is 9.97. The molecule has 0 fully saturated rings. The minimum atomic E-state index is -0.227. The molecule has 1 aromatic carbocycles. The van der Waals surface area contributed by atoms with E-state index in [2.05, 4.69) is 5.92 Å². The summed E-state index contributed by atoms with van der Waals surface area (Å²) in [5.41, 5.74) is 3.75. The lowest BCUT2D eigenvalue weighted by molar-refractivity contribution is 0.105. The van der Waals surface area contributed by atoms with Crippen molar-refractivity contribution in [2.24, 2.45) is 0 Å². The summed E-state index contributed by atoms with van der Waals surface area (Å²) in [6.07, 6.45) is 5.08. The topological polar surface area (TPSA) is 17.1 Å². The van der Waals surface area contributed by atoms with Crippen LogP contribution in [0.2, 0.25) is 0 Å². The Morgan fingerprint density at radius 1 is 1.23 bits per heavy atom. The van der Waals surface area contributed by atoms with Crippen molar-refractivity contribution in [1.29, 1.82) is 0 Å². The maximum absolute atomic E-state index is 11.3. The van der Waals surface area contributed by atoms with Crippen LogP contribution in [0.3, 0.4) is 0 Å². The van der Waals surface area contributed by atoms with Crippen LogP contribution in [-0.4, -0.2) is 5.78 Å². The van der Waals surface area contributed by atoms with Crippen molar-refractivity contribution < 1.29 is 4.79 Å². The molecule has 13 heavy (non-hydrogen) atoms. The van der Waals surface area contributed by atoms with E-state index in [9.17, 15) is 4.79 Å². The third-order valence-corrected chi connectivity index (χ3v) is 2.04. The summed E-state index contributed by atoms with van der Waals surface area (Å²) < 4.78 is 0. The van der Waals surface area contributed by atoms with Crippen LogP contribution in [0.5, 0.6) is 0 Å². The van der Waals surface area contributed by atoms with Crippen LogP contribution >= 0.6 is 0 Å². The van der Waals surface area contributed by atoms with Crippen molar-refractivity contribution in [3.05, 3.63) is 34.4 Å². The molecule has 0 aliphatic carbocycles. The van der Waals surface area contributed by atoms with E-state index in [1.165, 1.54) is 0 Å². The highest BCUT2D eigenvalue weighted by Gasteiger charge is 2.09. The summed E-state index contributed by atoms with van der Waals surface area (Å²) in [6.45, 7) is 5.82. The average Bonchev–Trinajstić information content (AvgIpc) is 2.02. The molecule has 1 nitrogen and oxygen atoms in total. The third-order valence-electron chi connectivity index (χ3n) is 2.04. The minimum absolute atomic E-state index is 0.227. The Bertz CT molecular complexity index is 371. The van der Waals surface area contributed by atoms with Gasteiger partial charge in [-0.05, 0) is 37.8 Å². The number of carbonyl (C=O) groups is 1. The largest absolute Gasteiger partial charge is 0.279 e. The molecule has 0 atom stereocenters. The number of ketones is 1. The first kappa shape index (κ1) is 9.54. The molecule has 1 aromatic rings. The van der Waals surface area contributed by atoms with E-state index in [4.69, 9.17) is 6.42 Å². The van der Waals surface area contributed by atoms with Crippen molar-refractivity contribution in [3.63, 3.8) is 0 Å². The number of hydrogen-bond donors (Lipinski definition) is 0. The fourth-order valence-electron chi connectivity index (χ4n) is 1.61. The van der Waals surface area contributed by atoms with E-state index in [1.54, 1.807) is 0 Å². The van der Waals surface area contributed by atoms with Crippen molar-refractivity contribution in [1.82, 2.24) is 0 Å². The Labute approximate surface area is 78.8 Å². The SMILES string of the molecule is C#CC(=O)c1c(C)cc(C)cc1C. The molecule has 0 spiro atoms. The molecule has 0 radical (unpaired) electrons. The molecular weight excluding hydrogens is 160 g/mol. The lowest BCUT2D eigenvalue weighted by Gasteiger charge is -2.06. The van der Waals surface area contributed by atoms with Crippen LogP contribution in [0, 0.1) is 33.1 Å². The van der Waals surface area contributed by atoms with E-state index >= 15 is 0 Å². The van der Waals surface area contributed by atoms with Gasteiger partial charge in [-0.3, -0.25) is 4.79 Å². The summed E-state index contributed by atoms with van der Waals surface area (Å²) in [6, 6.07) is 3.94. The van der Waals surface area contributed by atoms with Gasteiger partial charge in [0.05, 0.1) is 0 Å². The van der Waals surface area contributed by atoms with Crippen molar-refractivity contribution in [2.45, 2.75) is 20.8 Å². The summed E-state index contributed by atoms with van der Waals surface area (Å²) in [4.78, 5) is 11.3. The van der Waals surface area contributed by atoms with Gasteiger partial charge in [-0.1, -0.05) is 17.7 Å². The quantitative estimate of drug-likeness (QED) is 0.361. The zero-order valence-electron chi connectivity index (χ0n) is 8.14. The first-order valence-corrected chi connectivity index (χ1v) is 4.15. The van der Waals surface area contributed by atoms with Gasteiger partial charge in [-0.15, -0.1) is 6.42 Å². The van der Waals surface area contributed by atoms with Crippen molar-refractivity contribution in [3.8, 4) is 12.3 Å². The molecular formula is C12H12O. The Morgan fingerprint density at radius 2 is 1.69 bits per heavy atom. The molecule has 0 unspecified atom stereocenters. The van der Waals surface area contributed by atoms with Gasteiger partial charge in [0.2, 0.25) is 5.78 Å². The van der Waals surface area contributed by atoms with Gasteiger partial charge in [-0.2, -0.15) is 0 Å². The Hall–Kier alpha value is -1.55. The molecule has 66 valence electrons. The fourth-order valence-corrected chi connectivity index (χ4v) is 1.61. The van der Waals surface area contributed by atoms with Crippen molar-refractivity contribution >= 4 is 5.78 Å². The summed E-state index contributed by atoms with van der Waals surface area (Å²) in [7, 11) is 0. The second-order valence-corrected chi connectivity index (χ2v) is 3.25. The zero-order chi connectivity index (χ0) is 10.0. The van der Waals surface area contributed by atoms with Crippen LogP contribution in [-0.2, 0) is 0 Å². The third kappa shape index (κ3) is 1.78. The lowest BCUT2D eigenvalue weighted by Crippen LogP contribution is -2.02. The fraction of sp³-hybridized carbons (Fsp3) is 0.250. The predicted octanol–water partition coefficient (Wildman–Crippen LogP) is 2.43. The van der Waals surface area contributed by atoms with Crippen LogP contribution in [0.1, 0.15) is 27.0 Å². The maximum atomic E-state index is 11.3. The summed E-state index contributed by atoms with van der Waals surface area (Å²) >= 11 is 0. The van der Waals surface area contributed by atoms with Crippen LogP contribution in [0.25, 0.3) is 0 Å². The van der Waals surface area contributed by atoms with E-state index in [0.29, 0.717) is 5.56 Å². The van der Waals surface area contributed by atoms with Crippen LogP contribution in [0.15, 0.2) is 12.1 Å². The zero-order valence-corrected chi connectivity index (χ0v) is 8.14. The molecule has 0 amide bonds. The summed E-state index contributed by atoms with van der Waals surface area (Å²) in [5, 5.41) is 0. The Balaban J connectivity index is 3.39. The molecule has 0 saturated carbocycles. The van der Waals surface area contributed by atoms with Gasteiger partial charge in [0.15, 0.2) is 0 Å². The number of rotatable bonds is 1. The molecule has 0 aromatic heterocycles. The van der Waals surface area contributed by atoms with E-state index in [0.717, 1.165) is 16.7 Å². The second kappa shape index (κ2) is 3.45. The molecule has 0 heterocycles. The average molecular weight is 172 g/mol. The molecule has 0 aliphatic heterocycles. The van der Waals surface area contributed by atoms with E-state index in [1.807, 2.05) is 32.9 Å². The minimum Gasteiger partial charge on any atom is -0.279 e. The van der Waals surface area contributed by atoms with Crippen molar-refractivity contribution in [2.75, 3.05) is 0 Å². The standard InChI is InChI=1S/C12H12O/c1-5-11(13)12-9(3)6-8(2)7-10(12)4/h1,6-7H,2-4H3. The van der Waals surface area contributed by atoms with Gasteiger partial charge in [0.25, 0.3) is 0 Å². The first-order valence-electron chi connectivity index (χ1n) is 4.15. The Morgan fingerprint density at radius 3 is 2.08 bits per heavy atom. The molecule has 0 bridgehead atoms. The van der Waals surface area contributed by atoms with Gasteiger partial charge in [0, 0.05) is 5.56 Å². The first-order chi connectivity index (χ1) is 6.06. The molecule has 0 N–H and O–H groups in total. The Kier molecular flexibility index (Phi) is 2.53. The molecule has 1 heteroatoms. The highest BCUT2D eigenvalue weighted by Crippen LogP contribution is 2.16. The maximum Gasteiger partial charge on any atom is 0.236 e. The number of carbonyl (C=O) groups excluding carboxylic acids is 1. The second-order valence-electron chi connectivity index (χ2n) is 3.25. The highest BCUT2D eigenvalue weighted by molar-refractivity contribution is 6.10. The van der Waals surface area contributed by atoms with Gasteiger partial charge in [0.1, 0.15) is 0 Å². The van der Waals surface area contributed by atoms with Gasteiger partial charge < -0.3 is 0 Å². The highest BCUT2D eigenvalue weighted by atomic mass is 16.1. The van der Waals surface area contributed by atoms with Gasteiger partial charge >= 0.3 is 0 Å². The number of terminal acetylenes is 1. The van der Waals surface area contributed by atoms with E-state index in [-0.39, 0.29) is 5.78 Å². The van der Waals surface area contributed by atoms with Gasteiger partial charge in [-0.25, -0.2) is 0 Å². The van der Waals surface area contributed by atoms with E-state index < -0.39 is 0 Å². The number of hydrogen-bond acceptors (Lipinski definition) is 1. The molecule has 1 rings (SSSR count). The molecule has 0 saturated heterocycles. The van der Waals surface area contributed by atoms with Crippen LogP contribution < -0.4 is 0 Å². The predicted molar refractivity (Wildman–Crippen MR) is 53.8 cm³/mol. The molecule has 0 aliphatic rings. The smallest absolute Gasteiger partial charge is 0.236 e. The summed E-state index contributed by atoms with van der Waals surface area (Å²) in [5.74, 6) is 1.92. The number of benzene rings is 1. The van der Waals surface area contributed by atoms with Crippen LogP contribution in [0.4, 0.5) is 0 Å². The normalized spacial score (nSPS) is 9.38. The number of Topliss-reactive ketones (excluding diaryl/α,β-unsaturated/α-hetero) is 1.